The number of carbonyl (C=O) groups is 1. The molecule has 178 valence electrons. The highest BCUT2D eigenvalue weighted by atomic mass is 16.5. The van der Waals surface area contributed by atoms with Crippen LogP contribution in [0.2, 0.25) is 0 Å². The maximum atomic E-state index is 12.3. The Morgan fingerprint density at radius 1 is 0.909 bits per heavy atom. The summed E-state index contributed by atoms with van der Waals surface area (Å²) in [7, 11) is 3.30. The van der Waals surface area contributed by atoms with Crippen molar-refractivity contribution in [2.45, 2.75) is 24.5 Å². The Balaban J connectivity index is 1.36. The Labute approximate surface area is 195 Å². The van der Waals surface area contributed by atoms with E-state index in [-0.39, 0.29) is 5.91 Å². The highest BCUT2D eigenvalue weighted by Crippen LogP contribution is 2.30. The minimum Gasteiger partial charge on any atom is -0.497 e. The Bertz CT molecular complexity index is 926. The van der Waals surface area contributed by atoms with Gasteiger partial charge in [0.25, 0.3) is 0 Å². The normalized spacial score (nSPS) is 21.0. The molecule has 8 heteroatoms. The first-order valence-electron chi connectivity index (χ1n) is 11.4. The fraction of sp³-hybridized carbons (Fsp3) is 0.480. The van der Waals surface area contributed by atoms with Crippen molar-refractivity contribution < 1.29 is 19.4 Å². The fourth-order valence-corrected chi connectivity index (χ4v) is 4.82. The molecule has 1 amide bonds. The lowest BCUT2D eigenvalue weighted by Crippen LogP contribution is -2.62. The zero-order valence-electron chi connectivity index (χ0n) is 19.4. The Morgan fingerprint density at radius 3 is 1.91 bits per heavy atom. The summed E-state index contributed by atoms with van der Waals surface area (Å²) < 4.78 is 10.5. The summed E-state index contributed by atoms with van der Waals surface area (Å²) in [5.74, 6) is 1.28. The first-order chi connectivity index (χ1) is 15.9. The highest BCUT2D eigenvalue weighted by molar-refractivity contribution is 5.81. The van der Waals surface area contributed by atoms with Crippen LogP contribution in [0.25, 0.3) is 0 Å². The van der Waals surface area contributed by atoms with Gasteiger partial charge in [0.1, 0.15) is 17.5 Å². The molecular weight excluding hydrogens is 420 g/mol. The van der Waals surface area contributed by atoms with Crippen molar-refractivity contribution in [3.63, 3.8) is 0 Å². The Morgan fingerprint density at radius 2 is 1.42 bits per heavy atom. The average molecular weight is 455 g/mol. The van der Waals surface area contributed by atoms with Crippen molar-refractivity contribution in [2.24, 2.45) is 5.73 Å². The van der Waals surface area contributed by atoms with Crippen LogP contribution >= 0.6 is 0 Å². The number of carbonyl (C=O) groups excluding carboxylic acids is 1. The minimum atomic E-state index is -0.834. The quantitative estimate of drug-likeness (QED) is 0.658. The molecule has 3 N–H and O–H groups in total. The first-order valence-corrected chi connectivity index (χ1v) is 11.4. The lowest BCUT2D eigenvalue weighted by molar-refractivity contribution is -0.125. The number of primary amides is 1. The van der Waals surface area contributed by atoms with E-state index >= 15 is 0 Å². The average Bonchev–Trinajstić information content (AvgIpc) is 2.84. The molecule has 1 atom stereocenters. The second kappa shape index (κ2) is 9.89. The van der Waals surface area contributed by atoms with Gasteiger partial charge in [0, 0.05) is 50.6 Å². The summed E-state index contributed by atoms with van der Waals surface area (Å²) in [5.41, 5.74) is 7.11. The Kier molecular flexibility index (Phi) is 6.95. The maximum absolute atomic E-state index is 12.3. The standard InChI is InChI=1S/C25H34N4O4/c1-32-21-7-3-19(4-8-21)27-13-11-25(31,12-14-27)18-29-16-15-28(17-23(29)24(26)30)20-5-9-22(33-2)10-6-20/h3-10,23,31H,11-18H2,1-2H3,(H2,26,30). The number of piperazine rings is 1. The number of nitrogens with two attached hydrogens (primary N) is 1. The van der Waals surface area contributed by atoms with Crippen LogP contribution in [0.15, 0.2) is 48.5 Å². The number of benzene rings is 2. The van der Waals surface area contributed by atoms with Gasteiger partial charge < -0.3 is 30.1 Å². The van der Waals surface area contributed by atoms with Gasteiger partial charge in [-0.15, -0.1) is 0 Å². The molecule has 2 aromatic rings. The molecule has 0 radical (unpaired) electrons. The van der Waals surface area contributed by atoms with Crippen LogP contribution in [0, 0.1) is 0 Å². The van der Waals surface area contributed by atoms with Gasteiger partial charge in [0.15, 0.2) is 0 Å². The molecule has 2 aliphatic rings. The molecule has 2 fully saturated rings. The third-order valence-corrected chi connectivity index (χ3v) is 6.89. The molecule has 1 unspecified atom stereocenters. The van der Waals surface area contributed by atoms with E-state index in [0.717, 1.165) is 42.5 Å². The van der Waals surface area contributed by atoms with Crippen molar-refractivity contribution in [3.05, 3.63) is 48.5 Å². The molecule has 2 aromatic carbocycles. The van der Waals surface area contributed by atoms with Crippen molar-refractivity contribution >= 4 is 17.3 Å². The zero-order valence-corrected chi connectivity index (χ0v) is 19.4. The second-order valence-electron chi connectivity index (χ2n) is 8.94. The number of ether oxygens (including phenoxy) is 2. The number of aliphatic hydroxyl groups is 1. The van der Waals surface area contributed by atoms with Gasteiger partial charge in [0.2, 0.25) is 5.91 Å². The number of hydrogen-bond acceptors (Lipinski definition) is 7. The number of β-amino-alcohol motifs (C(OH)–C–C–N with tert-alkyl or cyclic N) is 1. The van der Waals surface area contributed by atoms with Crippen molar-refractivity contribution in [3.8, 4) is 11.5 Å². The monoisotopic (exact) mass is 454 g/mol. The molecule has 0 aromatic heterocycles. The van der Waals surface area contributed by atoms with E-state index in [2.05, 4.69) is 14.7 Å². The van der Waals surface area contributed by atoms with Crippen LogP contribution in [0.4, 0.5) is 11.4 Å². The van der Waals surface area contributed by atoms with E-state index in [0.29, 0.717) is 32.5 Å². The van der Waals surface area contributed by atoms with Crippen LogP contribution in [-0.2, 0) is 4.79 Å². The van der Waals surface area contributed by atoms with Crippen LogP contribution in [0.5, 0.6) is 11.5 Å². The van der Waals surface area contributed by atoms with E-state index in [1.54, 1.807) is 14.2 Å². The number of anilines is 2. The number of amides is 1. The molecule has 8 nitrogen and oxygen atoms in total. The third-order valence-electron chi connectivity index (χ3n) is 6.89. The molecule has 0 spiro atoms. The zero-order chi connectivity index (χ0) is 23.4. The summed E-state index contributed by atoms with van der Waals surface area (Å²) in [6.07, 6.45) is 1.28. The molecule has 33 heavy (non-hydrogen) atoms. The second-order valence-corrected chi connectivity index (χ2v) is 8.94. The highest BCUT2D eigenvalue weighted by Gasteiger charge is 2.39. The SMILES string of the molecule is COc1ccc(N2CCC(O)(CN3CCN(c4ccc(OC)cc4)CC3C(N)=O)CC2)cc1. The van der Waals surface area contributed by atoms with Gasteiger partial charge in [-0.2, -0.15) is 0 Å². The number of nitrogens with zero attached hydrogens (tertiary/aromatic N) is 3. The summed E-state index contributed by atoms with van der Waals surface area (Å²) >= 11 is 0. The molecule has 2 aliphatic heterocycles. The molecule has 2 heterocycles. The molecule has 0 saturated carbocycles. The van der Waals surface area contributed by atoms with Gasteiger partial charge in [-0.05, 0) is 61.4 Å². The first kappa shape index (κ1) is 23.2. The van der Waals surface area contributed by atoms with Crippen molar-refractivity contribution in [1.82, 2.24) is 4.90 Å². The van der Waals surface area contributed by atoms with Gasteiger partial charge in [0.05, 0.1) is 19.8 Å². The summed E-state index contributed by atoms with van der Waals surface area (Å²) in [6.45, 7) is 3.92. The maximum Gasteiger partial charge on any atom is 0.236 e. The molecular formula is C25H34N4O4. The third kappa shape index (κ3) is 5.34. The van der Waals surface area contributed by atoms with Crippen LogP contribution in [0.3, 0.4) is 0 Å². The van der Waals surface area contributed by atoms with E-state index in [1.165, 1.54) is 0 Å². The smallest absolute Gasteiger partial charge is 0.236 e. The van der Waals surface area contributed by atoms with Crippen molar-refractivity contribution in [2.75, 3.05) is 63.3 Å². The Hall–Kier alpha value is -2.97. The molecule has 0 aliphatic carbocycles. The molecule has 2 saturated heterocycles. The van der Waals surface area contributed by atoms with Gasteiger partial charge in [-0.25, -0.2) is 0 Å². The van der Waals surface area contributed by atoms with E-state index < -0.39 is 11.6 Å². The van der Waals surface area contributed by atoms with Crippen molar-refractivity contribution in [1.29, 1.82) is 0 Å². The number of methoxy groups -OCH3 is 2. The van der Waals surface area contributed by atoms with E-state index in [4.69, 9.17) is 15.2 Å². The lowest BCUT2D eigenvalue weighted by Gasteiger charge is -2.46. The molecule has 4 rings (SSSR count). The summed E-state index contributed by atoms with van der Waals surface area (Å²) in [4.78, 5) is 18.8. The summed E-state index contributed by atoms with van der Waals surface area (Å²) in [5, 5.41) is 11.3. The number of piperidine rings is 1. The van der Waals surface area contributed by atoms with Gasteiger partial charge in [-0.3, -0.25) is 9.69 Å². The lowest BCUT2D eigenvalue weighted by atomic mass is 9.89. The predicted molar refractivity (Wildman–Crippen MR) is 129 cm³/mol. The van der Waals surface area contributed by atoms with Crippen LogP contribution < -0.4 is 25.0 Å². The topological polar surface area (TPSA) is 91.5 Å². The predicted octanol–water partition coefficient (Wildman–Crippen LogP) is 1.71. The van der Waals surface area contributed by atoms with Gasteiger partial charge >= 0.3 is 0 Å². The number of hydrogen-bond donors (Lipinski definition) is 2. The summed E-state index contributed by atoms with van der Waals surface area (Å²) in [6, 6.07) is 15.4. The largest absolute Gasteiger partial charge is 0.497 e. The van der Waals surface area contributed by atoms with E-state index in [9.17, 15) is 9.90 Å². The molecule has 0 bridgehead atoms. The van der Waals surface area contributed by atoms with Crippen LogP contribution in [-0.4, -0.2) is 81.0 Å². The van der Waals surface area contributed by atoms with Gasteiger partial charge in [-0.1, -0.05) is 0 Å². The van der Waals surface area contributed by atoms with E-state index in [1.807, 2.05) is 48.5 Å². The number of rotatable bonds is 7. The minimum absolute atomic E-state index is 0.354. The van der Waals surface area contributed by atoms with Crippen LogP contribution in [0.1, 0.15) is 12.8 Å². The fourth-order valence-electron chi connectivity index (χ4n) is 4.82.